The van der Waals surface area contributed by atoms with Crippen LogP contribution in [0.15, 0.2) is 36.4 Å². The zero-order valence-corrected chi connectivity index (χ0v) is 18.9. The Bertz CT molecular complexity index is 1170. The maximum atomic E-state index is 13.4. The van der Waals surface area contributed by atoms with Gasteiger partial charge in [0.15, 0.2) is 23.0 Å². The average molecular weight is 467 g/mol. The molecule has 0 aliphatic carbocycles. The minimum absolute atomic E-state index is 0.163. The average Bonchev–Trinajstić information content (AvgIpc) is 3.29. The number of hydrogen-bond acceptors (Lipinski definition) is 7. The zero-order chi connectivity index (χ0) is 23.9. The number of rotatable bonds is 5. The molecule has 3 aliphatic rings. The van der Waals surface area contributed by atoms with Gasteiger partial charge in [-0.3, -0.25) is 9.59 Å². The molecule has 2 N–H and O–H groups in total. The molecular formula is C24H25N3O7. The van der Waals surface area contributed by atoms with Crippen LogP contribution in [-0.4, -0.2) is 48.8 Å². The largest absolute Gasteiger partial charge is 0.490 e. The van der Waals surface area contributed by atoms with Crippen molar-refractivity contribution in [3.8, 4) is 23.0 Å². The van der Waals surface area contributed by atoms with E-state index >= 15 is 0 Å². The summed E-state index contributed by atoms with van der Waals surface area (Å²) >= 11 is 0. The van der Waals surface area contributed by atoms with Gasteiger partial charge in [-0.05, 0) is 49.2 Å². The monoisotopic (exact) mass is 467 g/mol. The normalized spacial score (nSPS) is 21.6. The summed E-state index contributed by atoms with van der Waals surface area (Å²) in [4.78, 5) is 40.0. The summed E-state index contributed by atoms with van der Waals surface area (Å²) in [6.07, 6.45) is 0.754. The lowest BCUT2D eigenvalue weighted by atomic mass is 9.91. The van der Waals surface area contributed by atoms with Crippen LogP contribution in [0.1, 0.15) is 31.4 Å². The van der Waals surface area contributed by atoms with E-state index in [4.69, 9.17) is 18.9 Å². The van der Waals surface area contributed by atoms with E-state index in [1.165, 1.54) is 6.92 Å². The molecule has 0 unspecified atom stereocenters. The number of fused-ring (bicyclic) bond motifs is 2. The Balaban J connectivity index is 1.29. The molecule has 2 atom stereocenters. The second-order valence-corrected chi connectivity index (χ2v) is 8.52. The van der Waals surface area contributed by atoms with Crippen molar-refractivity contribution in [3.05, 3.63) is 47.5 Å². The Morgan fingerprint density at radius 1 is 1.03 bits per heavy atom. The van der Waals surface area contributed by atoms with Gasteiger partial charge in [-0.15, -0.1) is 0 Å². The van der Waals surface area contributed by atoms with E-state index in [9.17, 15) is 14.4 Å². The van der Waals surface area contributed by atoms with Crippen molar-refractivity contribution in [2.45, 2.75) is 38.4 Å². The van der Waals surface area contributed by atoms with Gasteiger partial charge in [0.25, 0.3) is 5.91 Å². The summed E-state index contributed by atoms with van der Waals surface area (Å²) in [5, 5.41) is 5.51. The highest BCUT2D eigenvalue weighted by atomic mass is 16.7. The SMILES string of the molecule is C[C@@H](C(=O)NCc1ccc2c(c1)OCO2)N1C(=O)N[C@](C)(c2ccc3c(c2)OCCCO3)C1=O. The number of carbonyl (C=O) groups is 3. The second kappa shape index (κ2) is 8.44. The number of carbonyl (C=O) groups excluding carboxylic acids is 3. The Morgan fingerprint density at radius 3 is 2.53 bits per heavy atom. The lowest BCUT2D eigenvalue weighted by Gasteiger charge is -2.25. The third-order valence-electron chi connectivity index (χ3n) is 6.22. The van der Waals surface area contributed by atoms with E-state index < -0.39 is 29.4 Å². The van der Waals surface area contributed by atoms with Crippen molar-refractivity contribution in [2.75, 3.05) is 20.0 Å². The second-order valence-electron chi connectivity index (χ2n) is 8.52. The molecule has 10 heteroatoms. The number of ether oxygens (including phenoxy) is 4. The minimum Gasteiger partial charge on any atom is -0.490 e. The van der Waals surface area contributed by atoms with Crippen LogP contribution < -0.4 is 29.6 Å². The number of hydrogen-bond donors (Lipinski definition) is 2. The minimum atomic E-state index is -1.34. The Hall–Kier alpha value is -3.95. The molecule has 0 radical (unpaired) electrons. The number of nitrogens with one attached hydrogen (secondary N) is 2. The van der Waals surface area contributed by atoms with Crippen LogP contribution in [0, 0.1) is 0 Å². The fourth-order valence-corrected chi connectivity index (χ4v) is 4.19. The molecule has 178 valence electrons. The Morgan fingerprint density at radius 2 is 1.71 bits per heavy atom. The maximum Gasteiger partial charge on any atom is 0.326 e. The topological polar surface area (TPSA) is 115 Å². The molecule has 10 nitrogen and oxygen atoms in total. The molecule has 0 saturated carbocycles. The Kier molecular flexibility index (Phi) is 5.43. The van der Waals surface area contributed by atoms with E-state index in [0.29, 0.717) is 41.8 Å². The van der Waals surface area contributed by atoms with Gasteiger partial charge in [0, 0.05) is 13.0 Å². The van der Waals surface area contributed by atoms with Crippen LogP contribution in [0.25, 0.3) is 0 Å². The molecular weight excluding hydrogens is 442 g/mol. The molecule has 34 heavy (non-hydrogen) atoms. The zero-order valence-electron chi connectivity index (χ0n) is 18.9. The van der Waals surface area contributed by atoms with Gasteiger partial charge in [-0.2, -0.15) is 0 Å². The van der Waals surface area contributed by atoms with E-state index in [1.807, 2.05) is 6.07 Å². The smallest absolute Gasteiger partial charge is 0.326 e. The van der Waals surface area contributed by atoms with Crippen LogP contribution in [0.4, 0.5) is 4.79 Å². The molecule has 3 aliphatic heterocycles. The summed E-state index contributed by atoms with van der Waals surface area (Å²) in [5.74, 6) is 1.40. The number of amides is 4. The van der Waals surface area contributed by atoms with Gasteiger partial charge in [0.2, 0.25) is 12.7 Å². The van der Waals surface area contributed by atoms with Crippen molar-refractivity contribution in [2.24, 2.45) is 0 Å². The van der Waals surface area contributed by atoms with Crippen LogP contribution in [0.5, 0.6) is 23.0 Å². The van der Waals surface area contributed by atoms with E-state index in [0.717, 1.165) is 16.9 Å². The van der Waals surface area contributed by atoms with Crippen LogP contribution in [-0.2, 0) is 21.7 Å². The van der Waals surface area contributed by atoms with Crippen LogP contribution in [0.2, 0.25) is 0 Å². The quantitative estimate of drug-likeness (QED) is 0.647. The molecule has 0 bridgehead atoms. The molecule has 5 rings (SSSR count). The molecule has 4 amide bonds. The highest BCUT2D eigenvalue weighted by molar-refractivity contribution is 6.10. The predicted octanol–water partition coefficient (Wildman–Crippen LogP) is 2.05. The molecule has 1 fully saturated rings. The van der Waals surface area contributed by atoms with Crippen molar-refractivity contribution >= 4 is 17.8 Å². The first-order valence-electron chi connectivity index (χ1n) is 11.1. The number of urea groups is 1. The number of nitrogens with zero attached hydrogens (tertiary/aromatic N) is 1. The van der Waals surface area contributed by atoms with Gasteiger partial charge in [0.1, 0.15) is 11.6 Å². The fourth-order valence-electron chi connectivity index (χ4n) is 4.19. The number of benzene rings is 2. The van der Waals surface area contributed by atoms with Gasteiger partial charge in [-0.1, -0.05) is 12.1 Å². The van der Waals surface area contributed by atoms with Crippen LogP contribution >= 0.6 is 0 Å². The fraction of sp³-hybridized carbons (Fsp3) is 0.375. The lowest BCUT2D eigenvalue weighted by Crippen LogP contribution is -2.49. The molecule has 3 heterocycles. The van der Waals surface area contributed by atoms with Gasteiger partial charge >= 0.3 is 6.03 Å². The predicted molar refractivity (Wildman–Crippen MR) is 119 cm³/mol. The number of imide groups is 1. The first-order valence-corrected chi connectivity index (χ1v) is 11.1. The van der Waals surface area contributed by atoms with Crippen molar-refractivity contribution in [3.63, 3.8) is 0 Å². The third-order valence-corrected chi connectivity index (χ3v) is 6.22. The van der Waals surface area contributed by atoms with E-state index in [2.05, 4.69) is 10.6 Å². The first kappa shape index (κ1) is 21.9. The van der Waals surface area contributed by atoms with E-state index in [1.54, 1.807) is 37.3 Å². The van der Waals surface area contributed by atoms with Crippen molar-refractivity contribution in [1.82, 2.24) is 15.5 Å². The molecule has 0 spiro atoms. The molecule has 2 aromatic rings. The summed E-state index contributed by atoms with van der Waals surface area (Å²) in [6.45, 7) is 4.56. The van der Waals surface area contributed by atoms with Gasteiger partial charge < -0.3 is 29.6 Å². The summed E-state index contributed by atoms with van der Waals surface area (Å²) < 4.78 is 22.0. The first-order chi connectivity index (χ1) is 16.4. The molecule has 1 saturated heterocycles. The highest BCUT2D eigenvalue weighted by Gasteiger charge is 2.52. The summed E-state index contributed by atoms with van der Waals surface area (Å²) in [5.41, 5.74) is 0.0118. The highest BCUT2D eigenvalue weighted by Crippen LogP contribution is 2.37. The molecule has 0 aromatic heterocycles. The molecule has 2 aromatic carbocycles. The van der Waals surface area contributed by atoms with Gasteiger partial charge in [-0.25, -0.2) is 9.69 Å². The lowest BCUT2D eigenvalue weighted by molar-refractivity contribution is -0.137. The van der Waals surface area contributed by atoms with Crippen LogP contribution in [0.3, 0.4) is 0 Å². The summed E-state index contributed by atoms with van der Waals surface area (Å²) in [6, 6.07) is 8.87. The summed E-state index contributed by atoms with van der Waals surface area (Å²) in [7, 11) is 0. The van der Waals surface area contributed by atoms with Crippen molar-refractivity contribution in [1.29, 1.82) is 0 Å². The Labute approximate surface area is 196 Å². The van der Waals surface area contributed by atoms with Gasteiger partial charge in [0.05, 0.1) is 13.2 Å². The maximum absolute atomic E-state index is 13.4. The van der Waals surface area contributed by atoms with Crippen molar-refractivity contribution < 1.29 is 33.3 Å². The third kappa shape index (κ3) is 3.74. The standard InChI is InChI=1S/C24H25N3O7/c1-14(21(28)25-12-15-4-6-18-19(10-15)34-13-33-18)27-22(29)24(2,26-23(27)30)16-5-7-17-20(11-16)32-9-3-8-31-17/h4-7,10-11,14H,3,8-9,12-13H2,1-2H3,(H,25,28)(H,26,30)/t14-,24+/m0/s1. The van der Waals surface area contributed by atoms with E-state index in [-0.39, 0.29) is 13.3 Å².